The first-order chi connectivity index (χ1) is 9.27. The summed E-state index contributed by atoms with van der Waals surface area (Å²) in [5.41, 5.74) is 3.05. The summed E-state index contributed by atoms with van der Waals surface area (Å²) in [6, 6.07) is 10.5. The van der Waals surface area contributed by atoms with Crippen LogP contribution in [-0.2, 0) is 6.42 Å². The Bertz CT molecular complexity index is 383. The van der Waals surface area contributed by atoms with Gasteiger partial charge in [-0.25, -0.2) is 0 Å². The molecule has 1 heteroatoms. The summed E-state index contributed by atoms with van der Waals surface area (Å²) in [6.07, 6.45) is 9.20. The minimum Gasteiger partial charge on any atom is -0.366 e. The Morgan fingerprint density at radius 3 is 2.63 bits per heavy atom. The van der Waals surface area contributed by atoms with Crippen LogP contribution in [0.2, 0.25) is 0 Å². The molecule has 1 aliphatic heterocycles. The Labute approximate surface area is 119 Å². The Hall–Kier alpha value is -0.980. The minimum absolute atomic E-state index is 0.698. The summed E-state index contributed by atoms with van der Waals surface area (Å²) in [5.74, 6) is 0. The fraction of sp³-hybridized carbons (Fsp3) is 0.667. The largest absolute Gasteiger partial charge is 0.366 e. The number of piperidine rings is 1. The van der Waals surface area contributed by atoms with Crippen molar-refractivity contribution in [2.75, 3.05) is 4.90 Å². The van der Waals surface area contributed by atoms with Gasteiger partial charge in [-0.15, -0.1) is 0 Å². The standard InChI is InChI=1S/C18H29N/c1-4-9-16-12-6-7-14-18(16)19-15(3)11-8-13-17(19)10-5-2/h6-7,12,14-15,17H,4-5,8-11,13H2,1-3H3/t15-,17-/m0/s1. The summed E-state index contributed by atoms with van der Waals surface area (Å²) in [7, 11) is 0. The molecule has 1 aromatic carbocycles. The Kier molecular flexibility index (Phi) is 5.30. The fourth-order valence-electron chi connectivity index (χ4n) is 3.58. The topological polar surface area (TPSA) is 3.24 Å². The summed E-state index contributed by atoms with van der Waals surface area (Å²) in [6.45, 7) is 7.00. The molecule has 106 valence electrons. The van der Waals surface area contributed by atoms with Crippen molar-refractivity contribution in [3.05, 3.63) is 29.8 Å². The predicted octanol–water partition coefficient (Wildman–Crippen LogP) is 5.19. The van der Waals surface area contributed by atoms with Gasteiger partial charge in [-0.2, -0.15) is 0 Å². The number of para-hydroxylation sites is 1. The Morgan fingerprint density at radius 1 is 1.11 bits per heavy atom. The van der Waals surface area contributed by atoms with Crippen molar-refractivity contribution in [2.24, 2.45) is 0 Å². The van der Waals surface area contributed by atoms with Crippen molar-refractivity contribution >= 4 is 5.69 Å². The monoisotopic (exact) mass is 259 g/mol. The molecule has 0 spiro atoms. The first-order valence-electron chi connectivity index (χ1n) is 8.14. The van der Waals surface area contributed by atoms with E-state index in [1.165, 1.54) is 50.6 Å². The summed E-state index contributed by atoms with van der Waals surface area (Å²) in [4.78, 5) is 2.73. The van der Waals surface area contributed by atoms with Crippen LogP contribution < -0.4 is 4.90 Å². The van der Waals surface area contributed by atoms with Crippen molar-refractivity contribution < 1.29 is 0 Å². The average Bonchev–Trinajstić information content (AvgIpc) is 2.41. The van der Waals surface area contributed by atoms with E-state index in [0.29, 0.717) is 6.04 Å². The molecule has 1 fully saturated rings. The molecule has 0 saturated carbocycles. The van der Waals surface area contributed by atoms with Crippen molar-refractivity contribution in [1.29, 1.82) is 0 Å². The van der Waals surface area contributed by atoms with Gasteiger partial charge in [0.1, 0.15) is 0 Å². The first-order valence-corrected chi connectivity index (χ1v) is 8.14. The van der Waals surface area contributed by atoms with E-state index >= 15 is 0 Å². The molecule has 2 rings (SSSR count). The van der Waals surface area contributed by atoms with E-state index in [0.717, 1.165) is 6.04 Å². The molecule has 2 atom stereocenters. The lowest BCUT2D eigenvalue weighted by molar-refractivity contribution is 0.378. The van der Waals surface area contributed by atoms with Crippen LogP contribution in [-0.4, -0.2) is 12.1 Å². The maximum Gasteiger partial charge on any atom is 0.0403 e. The van der Waals surface area contributed by atoms with Crippen LogP contribution in [0.3, 0.4) is 0 Å². The Morgan fingerprint density at radius 2 is 1.89 bits per heavy atom. The van der Waals surface area contributed by atoms with Gasteiger partial charge in [0, 0.05) is 17.8 Å². The molecular formula is C18H29N. The molecule has 0 aliphatic carbocycles. The van der Waals surface area contributed by atoms with Crippen LogP contribution in [0, 0.1) is 0 Å². The van der Waals surface area contributed by atoms with E-state index in [1.807, 2.05) is 0 Å². The highest BCUT2D eigenvalue weighted by molar-refractivity contribution is 5.55. The predicted molar refractivity (Wildman–Crippen MR) is 84.9 cm³/mol. The molecule has 1 aromatic rings. The van der Waals surface area contributed by atoms with Crippen LogP contribution in [0.25, 0.3) is 0 Å². The summed E-state index contributed by atoms with van der Waals surface area (Å²) >= 11 is 0. The lowest BCUT2D eigenvalue weighted by atomic mass is 9.91. The lowest BCUT2D eigenvalue weighted by Gasteiger charge is -2.43. The average molecular weight is 259 g/mol. The molecule has 0 N–H and O–H groups in total. The van der Waals surface area contributed by atoms with Crippen LogP contribution >= 0.6 is 0 Å². The van der Waals surface area contributed by atoms with Gasteiger partial charge < -0.3 is 4.90 Å². The zero-order valence-electron chi connectivity index (χ0n) is 12.9. The van der Waals surface area contributed by atoms with Gasteiger partial charge in [-0.05, 0) is 50.7 Å². The van der Waals surface area contributed by atoms with Crippen LogP contribution in [0.4, 0.5) is 5.69 Å². The third kappa shape index (κ3) is 3.32. The van der Waals surface area contributed by atoms with Gasteiger partial charge in [0.2, 0.25) is 0 Å². The normalized spacial score (nSPS) is 23.6. The number of nitrogens with zero attached hydrogens (tertiary/aromatic N) is 1. The molecule has 1 aliphatic rings. The van der Waals surface area contributed by atoms with E-state index in [1.54, 1.807) is 5.56 Å². The number of rotatable bonds is 5. The highest BCUT2D eigenvalue weighted by Crippen LogP contribution is 2.33. The van der Waals surface area contributed by atoms with Crippen LogP contribution in [0.1, 0.15) is 64.9 Å². The fourth-order valence-corrected chi connectivity index (χ4v) is 3.58. The van der Waals surface area contributed by atoms with E-state index in [4.69, 9.17) is 0 Å². The number of hydrogen-bond acceptors (Lipinski definition) is 1. The maximum absolute atomic E-state index is 2.73. The zero-order valence-corrected chi connectivity index (χ0v) is 12.9. The van der Waals surface area contributed by atoms with Gasteiger partial charge in [0.05, 0.1) is 0 Å². The SMILES string of the molecule is CCCc1ccccc1N1[C@@H](CCC)CCC[C@@H]1C. The van der Waals surface area contributed by atoms with E-state index in [2.05, 4.69) is 49.9 Å². The molecule has 0 radical (unpaired) electrons. The van der Waals surface area contributed by atoms with Crippen molar-refractivity contribution in [2.45, 2.75) is 77.8 Å². The number of anilines is 1. The summed E-state index contributed by atoms with van der Waals surface area (Å²) in [5, 5.41) is 0. The second-order valence-electron chi connectivity index (χ2n) is 6.01. The Balaban J connectivity index is 2.29. The second kappa shape index (κ2) is 6.98. The molecule has 0 bridgehead atoms. The van der Waals surface area contributed by atoms with Crippen LogP contribution in [0.5, 0.6) is 0 Å². The molecule has 1 heterocycles. The number of aryl methyl sites for hydroxylation is 1. The molecule has 0 amide bonds. The summed E-state index contributed by atoms with van der Waals surface area (Å²) < 4.78 is 0. The first kappa shape index (κ1) is 14.4. The highest BCUT2D eigenvalue weighted by Gasteiger charge is 2.28. The molecule has 19 heavy (non-hydrogen) atoms. The quantitative estimate of drug-likeness (QED) is 0.703. The molecule has 0 unspecified atom stereocenters. The number of hydrogen-bond donors (Lipinski definition) is 0. The molecule has 1 nitrogen and oxygen atoms in total. The van der Waals surface area contributed by atoms with Gasteiger partial charge in [0.15, 0.2) is 0 Å². The van der Waals surface area contributed by atoms with Crippen molar-refractivity contribution in [3.63, 3.8) is 0 Å². The third-order valence-corrected chi connectivity index (χ3v) is 4.44. The minimum atomic E-state index is 0.698. The van der Waals surface area contributed by atoms with E-state index in [9.17, 15) is 0 Å². The van der Waals surface area contributed by atoms with Gasteiger partial charge in [0.25, 0.3) is 0 Å². The van der Waals surface area contributed by atoms with E-state index in [-0.39, 0.29) is 0 Å². The van der Waals surface area contributed by atoms with E-state index < -0.39 is 0 Å². The van der Waals surface area contributed by atoms with Crippen molar-refractivity contribution in [1.82, 2.24) is 0 Å². The highest BCUT2D eigenvalue weighted by atomic mass is 15.2. The van der Waals surface area contributed by atoms with Gasteiger partial charge >= 0.3 is 0 Å². The molecule has 0 aromatic heterocycles. The maximum atomic E-state index is 2.73. The van der Waals surface area contributed by atoms with Crippen molar-refractivity contribution in [3.8, 4) is 0 Å². The third-order valence-electron chi connectivity index (χ3n) is 4.44. The molecule has 1 saturated heterocycles. The number of benzene rings is 1. The van der Waals surface area contributed by atoms with Gasteiger partial charge in [-0.1, -0.05) is 44.9 Å². The lowest BCUT2D eigenvalue weighted by Crippen LogP contribution is -2.45. The van der Waals surface area contributed by atoms with Gasteiger partial charge in [-0.3, -0.25) is 0 Å². The molecular weight excluding hydrogens is 230 g/mol. The van der Waals surface area contributed by atoms with Crippen LogP contribution in [0.15, 0.2) is 24.3 Å². The smallest absolute Gasteiger partial charge is 0.0403 e. The zero-order chi connectivity index (χ0) is 13.7. The second-order valence-corrected chi connectivity index (χ2v) is 6.01.